The van der Waals surface area contributed by atoms with E-state index in [-0.39, 0.29) is 17.7 Å². The maximum Gasteiger partial charge on any atom is 0.256 e. The van der Waals surface area contributed by atoms with Gasteiger partial charge >= 0.3 is 0 Å². The van der Waals surface area contributed by atoms with Crippen molar-refractivity contribution in [3.8, 4) is 0 Å². The van der Waals surface area contributed by atoms with E-state index in [1.165, 1.54) is 11.8 Å². The number of carbonyl (C=O) groups is 2. The topological polar surface area (TPSA) is 62.3 Å². The molecule has 1 fully saturated rings. The molecule has 0 aliphatic carbocycles. The molecule has 0 radical (unpaired) electrons. The van der Waals surface area contributed by atoms with Crippen molar-refractivity contribution in [3.05, 3.63) is 83.0 Å². The number of piperidine rings is 1. The van der Waals surface area contributed by atoms with Gasteiger partial charge in [-0.05, 0) is 61.4 Å². The predicted molar refractivity (Wildman–Crippen MR) is 126 cm³/mol. The Bertz CT molecular complexity index is 1050. The number of anilines is 1. The molecule has 0 spiro atoms. The number of hydrogen-bond donors (Lipinski definition) is 1. The monoisotopic (exact) mass is 495 g/mol. The zero-order chi connectivity index (χ0) is 21.6. The van der Waals surface area contributed by atoms with Gasteiger partial charge in [0.2, 0.25) is 5.91 Å². The van der Waals surface area contributed by atoms with Gasteiger partial charge in [-0.2, -0.15) is 0 Å². The van der Waals surface area contributed by atoms with Gasteiger partial charge < -0.3 is 10.2 Å². The Balaban J connectivity index is 1.38. The van der Waals surface area contributed by atoms with Gasteiger partial charge in [0.05, 0.1) is 5.56 Å². The minimum atomic E-state index is -0.0882. The van der Waals surface area contributed by atoms with Gasteiger partial charge in [0, 0.05) is 40.3 Å². The highest BCUT2D eigenvalue weighted by Crippen LogP contribution is 2.31. The van der Waals surface area contributed by atoms with Gasteiger partial charge in [0.25, 0.3) is 5.91 Å². The van der Waals surface area contributed by atoms with Crippen LogP contribution < -0.4 is 5.32 Å². The van der Waals surface area contributed by atoms with Crippen LogP contribution in [0.1, 0.15) is 23.2 Å². The fourth-order valence-corrected chi connectivity index (χ4v) is 4.67. The summed E-state index contributed by atoms with van der Waals surface area (Å²) in [5.74, 6) is -0.101. The first kappa shape index (κ1) is 21.6. The SMILES string of the molecule is O=C(Nc1ccccc1)C1CCN(C(=O)c2cccnc2Sc2ccc(Br)cc2)CC1. The largest absolute Gasteiger partial charge is 0.339 e. The number of nitrogens with zero attached hydrogens (tertiary/aromatic N) is 2. The first-order valence-corrected chi connectivity index (χ1v) is 11.7. The van der Waals surface area contributed by atoms with Crippen LogP contribution in [-0.2, 0) is 4.79 Å². The Kier molecular flexibility index (Phi) is 7.04. The number of benzene rings is 2. The number of hydrogen-bond acceptors (Lipinski definition) is 4. The van der Waals surface area contributed by atoms with Gasteiger partial charge in [-0.1, -0.05) is 45.9 Å². The van der Waals surface area contributed by atoms with Crippen molar-refractivity contribution in [1.82, 2.24) is 9.88 Å². The summed E-state index contributed by atoms with van der Waals surface area (Å²) in [6.07, 6.45) is 3.01. The van der Waals surface area contributed by atoms with Crippen molar-refractivity contribution < 1.29 is 9.59 Å². The van der Waals surface area contributed by atoms with Crippen LogP contribution in [0.2, 0.25) is 0 Å². The maximum atomic E-state index is 13.2. The third-order valence-corrected chi connectivity index (χ3v) is 6.78. The molecule has 3 aromatic rings. The lowest BCUT2D eigenvalue weighted by molar-refractivity contribution is -0.121. The molecule has 0 atom stereocenters. The maximum absolute atomic E-state index is 13.2. The summed E-state index contributed by atoms with van der Waals surface area (Å²) < 4.78 is 1.01. The first-order valence-electron chi connectivity index (χ1n) is 10.1. The van der Waals surface area contributed by atoms with Crippen LogP contribution in [0.4, 0.5) is 5.69 Å². The average molecular weight is 496 g/mol. The molecule has 2 aromatic carbocycles. The number of aromatic nitrogens is 1. The third-order valence-electron chi connectivity index (χ3n) is 5.22. The van der Waals surface area contributed by atoms with Gasteiger partial charge in [-0.25, -0.2) is 4.98 Å². The molecule has 0 saturated carbocycles. The number of carbonyl (C=O) groups excluding carboxylic acids is 2. The molecule has 2 amide bonds. The second kappa shape index (κ2) is 10.1. The Labute approximate surface area is 194 Å². The zero-order valence-electron chi connectivity index (χ0n) is 16.8. The molecule has 158 valence electrons. The van der Waals surface area contributed by atoms with Gasteiger partial charge in [-0.3, -0.25) is 9.59 Å². The molecule has 1 aliphatic heterocycles. The fourth-order valence-electron chi connectivity index (χ4n) is 3.53. The summed E-state index contributed by atoms with van der Waals surface area (Å²) in [4.78, 5) is 33.1. The highest BCUT2D eigenvalue weighted by atomic mass is 79.9. The average Bonchev–Trinajstić information content (AvgIpc) is 2.81. The summed E-state index contributed by atoms with van der Waals surface area (Å²) in [5.41, 5.74) is 1.40. The molecule has 31 heavy (non-hydrogen) atoms. The van der Waals surface area contributed by atoms with Crippen molar-refractivity contribution in [2.24, 2.45) is 5.92 Å². The van der Waals surface area contributed by atoms with Crippen molar-refractivity contribution in [2.45, 2.75) is 22.8 Å². The van der Waals surface area contributed by atoms with Crippen molar-refractivity contribution in [1.29, 1.82) is 0 Å². The summed E-state index contributed by atoms with van der Waals surface area (Å²) in [6, 6.07) is 21.0. The lowest BCUT2D eigenvalue weighted by Gasteiger charge is -2.31. The second-order valence-electron chi connectivity index (χ2n) is 7.33. The Morgan fingerprint density at radius 3 is 2.39 bits per heavy atom. The molecule has 5 nitrogen and oxygen atoms in total. The van der Waals surface area contributed by atoms with Crippen LogP contribution in [0, 0.1) is 5.92 Å². The Morgan fingerprint density at radius 1 is 0.968 bits per heavy atom. The van der Waals surface area contributed by atoms with E-state index in [2.05, 4.69) is 26.2 Å². The van der Waals surface area contributed by atoms with E-state index < -0.39 is 0 Å². The molecule has 1 aromatic heterocycles. The number of amides is 2. The predicted octanol–water partition coefficient (Wildman–Crippen LogP) is 5.49. The van der Waals surface area contributed by atoms with Crippen molar-refractivity contribution in [2.75, 3.05) is 18.4 Å². The minimum absolute atomic E-state index is 0.0196. The highest BCUT2D eigenvalue weighted by Gasteiger charge is 2.29. The lowest BCUT2D eigenvalue weighted by Crippen LogP contribution is -2.41. The lowest BCUT2D eigenvalue weighted by atomic mass is 9.95. The molecule has 4 rings (SSSR count). The number of pyridine rings is 1. The standard InChI is InChI=1S/C24H22BrN3O2S/c25-18-8-10-20(11-9-18)31-23-21(7-4-14-26-23)24(30)28-15-12-17(13-16-28)22(29)27-19-5-2-1-3-6-19/h1-11,14,17H,12-13,15-16H2,(H,27,29). The van der Waals surface area contributed by atoms with Gasteiger partial charge in [0.1, 0.15) is 5.03 Å². The number of para-hydroxylation sites is 1. The van der Waals surface area contributed by atoms with Crippen LogP contribution in [0.15, 0.2) is 87.3 Å². The first-order chi connectivity index (χ1) is 15.1. The number of rotatable bonds is 5. The summed E-state index contributed by atoms with van der Waals surface area (Å²) in [7, 11) is 0. The van der Waals surface area contributed by atoms with Gasteiger partial charge in [-0.15, -0.1) is 0 Å². The van der Waals surface area contributed by atoms with E-state index >= 15 is 0 Å². The molecule has 1 aliphatic rings. The molecule has 2 heterocycles. The van der Waals surface area contributed by atoms with E-state index in [0.29, 0.717) is 36.5 Å². The van der Waals surface area contributed by atoms with Crippen LogP contribution >= 0.6 is 27.7 Å². The molecule has 0 unspecified atom stereocenters. The van der Waals surface area contributed by atoms with Gasteiger partial charge in [0.15, 0.2) is 0 Å². The number of halogens is 1. The van der Waals surface area contributed by atoms with Crippen LogP contribution in [0.3, 0.4) is 0 Å². The van der Waals surface area contributed by atoms with E-state index in [1.807, 2.05) is 65.6 Å². The van der Waals surface area contributed by atoms with E-state index in [0.717, 1.165) is 15.1 Å². The van der Waals surface area contributed by atoms with Crippen LogP contribution in [0.5, 0.6) is 0 Å². The van der Waals surface area contributed by atoms with E-state index in [4.69, 9.17) is 0 Å². The quantitative estimate of drug-likeness (QED) is 0.508. The smallest absolute Gasteiger partial charge is 0.256 e. The number of nitrogens with one attached hydrogen (secondary N) is 1. The summed E-state index contributed by atoms with van der Waals surface area (Å²) in [5, 5.41) is 3.66. The molecular formula is C24H22BrN3O2S. The normalized spacial score (nSPS) is 14.3. The highest BCUT2D eigenvalue weighted by molar-refractivity contribution is 9.10. The summed E-state index contributed by atoms with van der Waals surface area (Å²) >= 11 is 4.92. The molecule has 0 bridgehead atoms. The van der Waals surface area contributed by atoms with Crippen molar-refractivity contribution >= 4 is 45.2 Å². The third kappa shape index (κ3) is 5.54. The molecule has 1 N–H and O–H groups in total. The van der Waals surface area contributed by atoms with Crippen LogP contribution in [0.25, 0.3) is 0 Å². The molecule has 1 saturated heterocycles. The van der Waals surface area contributed by atoms with Crippen LogP contribution in [-0.4, -0.2) is 34.8 Å². The summed E-state index contributed by atoms with van der Waals surface area (Å²) in [6.45, 7) is 1.12. The minimum Gasteiger partial charge on any atom is -0.339 e. The Morgan fingerprint density at radius 2 is 1.68 bits per heavy atom. The number of likely N-dealkylation sites (tertiary alicyclic amines) is 1. The zero-order valence-corrected chi connectivity index (χ0v) is 19.2. The molecular weight excluding hydrogens is 474 g/mol. The van der Waals surface area contributed by atoms with E-state index in [9.17, 15) is 9.59 Å². The van der Waals surface area contributed by atoms with E-state index in [1.54, 1.807) is 12.3 Å². The molecule has 7 heteroatoms. The fraction of sp³-hybridized carbons (Fsp3) is 0.208. The second-order valence-corrected chi connectivity index (χ2v) is 9.31. The van der Waals surface area contributed by atoms with Crippen molar-refractivity contribution in [3.63, 3.8) is 0 Å². The Hall–Kier alpha value is -2.64.